The van der Waals surface area contributed by atoms with Crippen LogP contribution in [0.5, 0.6) is 0 Å². The molecule has 2 aliphatic rings. The lowest BCUT2D eigenvalue weighted by Gasteiger charge is -2.46. The predicted octanol–water partition coefficient (Wildman–Crippen LogP) is -0.0923. The second-order valence-electron chi connectivity index (χ2n) is 3.60. The summed E-state index contributed by atoms with van der Waals surface area (Å²) in [6.45, 7) is 1.67. The van der Waals surface area contributed by atoms with E-state index in [1.54, 1.807) is 0 Å². The summed E-state index contributed by atoms with van der Waals surface area (Å²) < 4.78 is 13.2. The molecule has 2 saturated heterocycles. The van der Waals surface area contributed by atoms with Crippen molar-refractivity contribution in [3.63, 3.8) is 0 Å². The first-order chi connectivity index (χ1) is 5.64. The largest absolute Gasteiger partial charge is 0.465 e. The van der Waals surface area contributed by atoms with Crippen molar-refractivity contribution in [2.24, 2.45) is 5.41 Å². The molecule has 1 atom stereocenters. The minimum absolute atomic E-state index is 0.344. The van der Waals surface area contributed by atoms with Crippen LogP contribution in [0.15, 0.2) is 0 Å². The first-order valence-corrected chi connectivity index (χ1v) is 3.97. The second-order valence-corrected chi connectivity index (χ2v) is 3.60. The number of nitrogens with one attached hydrogen (secondary N) is 1. The van der Waals surface area contributed by atoms with Crippen LogP contribution in [0, 0.1) is 5.41 Å². The summed E-state index contributed by atoms with van der Waals surface area (Å²) in [6, 6.07) is 0. The summed E-state index contributed by atoms with van der Waals surface area (Å²) in [5, 5.41) is 11.5. The molecule has 2 aliphatic heterocycles. The molecule has 0 radical (unpaired) electrons. The Labute approximate surface area is 69.3 Å². The molecule has 0 aromatic rings. The van der Waals surface area contributed by atoms with Crippen molar-refractivity contribution in [1.82, 2.24) is 10.2 Å². The van der Waals surface area contributed by atoms with E-state index in [2.05, 4.69) is 5.32 Å². The Balaban J connectivity index is 1.97. The predicted molar refractivity (Wildman–Crippen MR) is 39.8 cm³/mol. The van der Waals surface area contributed by atoms with Gasteiger partial charge in [-0.25, -0.2) is 9.18 Å². The van der Waals surface area contributed by atoms with E-state index in [4.69, 9.17) is 5.11 Å². The van der Waals surface area contributed by atoms with Crippen molar-refractivity contribution in [2.75, 3.05) is 26.2 Å². The number of alkyl halides is 1. The van der Waals surface area contributed by atoms with Gasteiger partial charge in [-0.15, -0.1) is 0 Å². The lowest BCUT2D eigenvalue weighted by Crippen LogP contribution is -2.62. The van der Waals surface area contributed by atoms with Gasteiger partial charge in [0.2, 0.25) is 0 Å². The highest BCUT2D eigenvalue weighted by Crippen LogP contribution is 2.37. The van der Waals surface area contributed by atoms with Crippen LogP contribution >= 0.6 is 0 Å². The summed E-state index contributed by atoms with van der Waals surface area (Å²) >= 11 is 0. The summed E-state index contributed by atoms with van der Waals surface area (Å²) in [5.41, 5.74) is -0.404. The van der Waals surface area contributed by atoms with Gasteiger partial charge in [-0.2, -0.15) is 0 Å². The molecule has 0 aliphatic carbocycles. The smallest absolute Gasteiger partial charge is 0.407 e. The van der Waals surface area contributed by atoms with Crippen LogP contribution in [0.4, 0.5) is 9.18 Å². The number of nitrogens with zero attached hydrogens (tertiary/aromatic N) is 1. The summed E-state index contributed by atoms with van der Waals surface area (Å²) in [6.07, 6.45) is -1.83. The Kier molecular flexibility index (Phi) is 1.51. The Morgan fingerprint density at radius 3 is 2.75 bits per heavy atom. The molecular weight excluding hydrogens is 163 g/mol. The molecule has 12 heavy (non-hydrogen) atoms. The Morgan fingerprint density at radius 1 is 1.67 bits per heavy atom. The molecule has 0 saturated carbocycles. The van der Waals surface area contributed by atoms with E-state index in [0.717, 1.165) is 0 Å². The summed E-state index contributed by atoms with van der Waals surface area (Å²) in [5.74, 6) is 0. The second kappa shape index (κ2) is 2.32. The summed E-state index contributed by atoms with van der Waals surface area (Å²) in [4.78, 5) is 11.7. The average molecular weight is 174 g/mol. The monoisotopic (exact) mass is 174 g/mol. The van der Waals surface area contributed by atoms with E-state index in [0.29, 0.717) is 26.2 Å². The standard InChI is InChI=1S/C7H11FN2O2/c8-5-1-9-2-7(5)3-10(4-7)6(11)12/h5,9H,1-4H2,(H,11,12). The minimum Gasteiger partial charge on any atom is -0.465 e. The van der Waals surface area contributed by atoms with Crippen molar-refractivity contribution in [2.45, 2.75) is 6.17 Å². The first kappa shape index (κ1) is 7.79. The molecule has 2 N–H and O–H groups in total. The molecular formula is C7H11FN2O2. The zero-order valence-electron chi connectivity index (χ0n) is 6.59. The van der Waals surface area contributed by atoms with E-state index in [-0.39, 0.29) is 0 Å². The van der Waals surface area contributed by atoms with Crippen LogP contribution in [0.1, 0.15) is 0 Å². The lowest BCUT2D eigenvalue weighted by molar-refractivity contribution is -0.0169. The van der Waals surface area contributed by atoms with Gasteiger partial charge in [-0.05, 0) is 0 Å². The van der Waals surface area contributed by atoms with E-state index < -0.39 is 17.7 Å². The van der Waals surface area contributed by atoms with Crippen molar-refractivity contribution in [3.8, 4) is 0 Å². The molecule has 2 fully saturated rings. The van der Waals surface area contributed by atoms with Gasteiger partial charge in [-0.3, -0.25) is 0 Å². The molecule has 0 aromatic carbocycles. The fraction of sp³-hybridized carbons (Fsp3) is 0.857. The molecule has 1 unspecified atom stereocenters. The van der Waals surface area contributed by atoms with Gasteiger partial charge >= 0.3 is 6.09 Å². The van der Waals surface area contributed by atoms with Crippen LogP contribution in [-0.4, -0.2) is 48.5 Å². The normalized spacial score (nSPS) is 32.1. The molecule has 2 rings (SSSR count). The average Bonchev–Trinajstić information content (AvgIpc) is 2.26. The number of carboxylic acid groups (broad SMARTS) is 1. The highest BCUT2D eigenvalue weighted by atomic mass is 19.1. The molecule has 1 amide bonds. The maximum atomic E-state index is 13.2. The van der Waals surface area contributed by atoms with Gasteiger partial charge in [0.25, 0.3) is 0 Å². The molecule has 0 bridgehead atoms. The Bertz CT molecular complexity index is 215. The van der Waals surface area contributed by atoms with E-state index in [9.17, 15) is 9.18 Å². The first-order valence-electron chi connectivity index (χ1n) is 3.97. The van der Waals surface area contributed by atoms with Crippen molar-refractivity contribution >= 4 is 6.09 Å². The van der Waals surface area contributed by atoms with E-state index in [1.165, 1.54) is 4.90 Å². The van der Waals surface area contributed by atoms with E-state index >= 15 is 0 Å². The van der Waals surface area contributed by atoms with Gasteiger partial charge in [0.15, 0.2) is 0 Å². The molecule has 5 heteroatoms. The van der Waals surface area contributed by atoms with E-state index in [1.807, 2.05) is 0 Å². The third-order valence-corrected chi connectivity index (χ3v) is 2.75. The van der Waals surface area contributed by atoms with Gasteiger partial charge < -0.3 is 15.3 Å². The Hall–Kier alpha value is -0.840. The van der Waals surface area contributed by atoms with Crippen LogP contribution in [-0.2, 0) is 0 Å². The zero-order chi connectivity index (χ0) is 8.77. The van der Waals surface area contributed by atoms with Crippen molar-refractivity contribution in [1.29, 1.82) is 0 Å². The van der Waals surface area contributed by atoms with Crippen molar-refractivity contribution < 1.29 is 14.3 Å². The fourth-order valence-corrected chi connectivity index (χ4v) is 1.93. The van der Waals surface area contributed by atoms with Crippen LogP contribution in [0.3, 0.4) is 0 Å². The third-order valence-electron chi connectivity index (χ3n) is 2.75. The lowest BCUT2D eigenvalue weighted by atomic mass is 9.78. The number of carbonyl (C=O) groups is 1. The minimum atomic E-state index is -0.945. The highest BCUT2D eigenvalue weighted by molar-refractivity contribution is 5.66. The number of hydrogen-bond acceptors (Lipinski definition) is 2. The van der Waals surface area contributed by atoms with Crippen molar-refractivity contribution in [3.05, 3.63) is 0 Å². The molecule has 1 spiro atoms. The Morgan fingerprint density at radius 2 is 2.33 bits per heavy atom. The number of hydrogen-bond donors (Lipinski definition) is 2. The maximum absolute atomic E-state index is 13.2. The highest BCUT2D eigenvalue weighted by Gasteiger charge is 2.53. The number of likely N-dealkylation sites (tertiary alicyclic amines) is 1. The van der Waals surface area contributed by atoms with Gasteiger partial charge in [-0.1, -0.05) is 0 Å². The van der Waals surface area contributed by atoms with Gasteiger partial charge in [0.05, 0.1) is 5.41 Å². The SMILES string of the molecule is O=C(O)N1CC2(CNCC2F)C1. The third kappa shape index (κ3) is 0.891. The topological polar surface area (TPSA) is 52.6 Å². The fourth-order valence-electron chi connectivity index (χ4n) is 1.93. The molecule has 4 nitrogen and oxygen atoms in total. The number of amides is 1. The van der Waals surface area contributed by atoms with Crippen LogP contribution < -0.4 is 5.32 Å². The maximum Gasteiger partial charge on any atom is 0.407 e. The zero-order valence-corrected chi connectivity index (χ0v) is 6.59. The van der Waals surface area contributed by atoms with Gasteiger partial charge in [0.1, 0.15) is 6.17 Å². The van der Waals surface area contributed by atoms with Crippen LogP contribution in [0.2, 0.25) is 0 Å². The number of rotatable bonds is 0. The molecule has 68 valence electrons. The van der Waals surface area contributed by atoms with Crippen LogP contribution in [0.25, 0.3) is 0 Å². The summed E-state index contributed by atoms with van der Waals surface area (Å²) in [7, 11) is 0. The number of halogens is 1. The molecule has 2 heterocycles. The molecule has 0 aromatic heterocycles. The van der Waals surface area contributed by atoms with Gasteiger partial charge in [0, 0.05) is 26.2 Å². The quantitative estimate of drug-likeness (QED) is 0.539.